The van der Waals surface area contributed by atoms with Crippen LogP contribution in [0.15, 0.2) is 0 Å². The van der Waals surface area contributed by atoms with E-state index in [1.54, 1.807) is 0 Å². The van der Waals surface area contributed by atoms with Crippen molar-refractivity contribution < 1.29 is 4.79 Å². The average molecular weight is 151 g/mol. The summed E-state index contributed by atoms with van der Waals surface area (Å²) in [4.78, 5) is 11.0. The first-order valence-corrected chi connectivity index (χ1v) is 3.99. The van der Waals surface area contributed by atoms with Crippen LogP contribution in [-0.2, 0) is 4.79 Å². The quantitative estimate of drug-likeness (QED) is 0.460. The minimum Gasteiger partial charge on any atom is -0.299 e. The van der Waals surface area contributed by atoms with Crippen molar-refractivity contribution in [2.75, 3.05) is 13.1 Å². The van der Waals surface area contributed by atoms with Gasteiger partial charge < -0.3 is 0 Å². The molecule has 0 heterocycles. The highest BCUT2D eigenvalue weighted by Crippen LogP contribution is 2.32. The van der Waals surface area contributed by atoms with Gasteiger partial charge in [0.25, 0.3) is 0 Å². The zero-order valence-electron chi connectivity index (χ0n) is 6.60. The Morgan fingerprint density at radius 2 is 2.36 bits per heavy atom. The summed E-state index contributed by atoms with van der Waals surface area (Å²) in [7, 11) is 0. The summed E-state index contributed by atoms with van der Waals surface area (Å²) in [5, 5.41) is 2.88. The van der Waals surface area contributed by atoms with Gasteiger partial charge in [0.05, 0.1) is 13.1 Å². The largest absolute Gasteiger partial charge is 0.299 e. The highest BCUT2D eigenvalue weighted by atomic mass is 16.1. The SMILES string of the molecule is C#CCNCC(=O)CC1CC1. The average Bonchev–Trinajstić information content (AvgIpc) is 2.72. The number of carbonyl (C=O) groups is 1. The lowest BCUT2D eigenvalue weighted by atomic mass is 10.2. The monoisotopic (exact) mass is 151 g/mol. The van der Waals surface area contributed by atoms with Gasteiger partial charge in [-0.15, -0.1) is 6.42 Å². The molecule has 60 valence electrons. The lowest BCUT2D eigenvalue weighted by molar-refractivity contribution is -0.118. The maximum atomic E-state index is 11.0. The van der Waals surface area contributed by atoms with Crippen molar-refractivity contribution >= 4 is 5.78 Å². The third-order valence-corrected chi connectivity index (χ3v) is 1.76. The Labute approximate surface area is 67.4 Å². The van der Waals surface area contributed by atoms with Gasteiger partial charge in [-0.3, -0.25) is 10.1 Å². The van der Waals surface area contributed by atoms with Crippen molar-refractivity contribution in [1.82, 2.24) is 5.32 Å². The molecule has 0 radical (unpaired) electrons. The van der Waals surface area contributed by atoms with Crippen LogP contribution in [0.1, 0.15) is 19.3 Å². The second-order valence-corrected chi connectivity index (χ2v) is 2.99. The fraction of sp³-hybridized carbons (Fsp3) is 0.667. The summed E-state index contributed by atoms with van der Waals surface area (Å²) in [5.41, 5.74) is 0. The maximum Gasteiger partial charge on any atom is 0.146 e. The third kappa shape index (κ3) is 3.79. The molecule has 0 unspecified atom stereocenters. The van der Waals surface area contributed by atoms with E-state index in [0.717, 1.165) is 6.42 Å². The van der Waals surface area contributed by atoms with Gasteiger partial charge in [-0.2, -0.15) is 0 Å². The maximum absolute atomic E-state index is 11.0. The van der Waals surface area contributed by atoms with Crippen LogP contribution in [0.4, 0.5) is 0 Å². The molecule has 0 amide bonds. The Morgan fingerprint density at radius 3 is 2.91 bits per heavy atom. The van der Waals surface area contributed by atoms with Gasteiger partial charge >= 0.3 is 0 Å². The minimum atomic E-state index is 0.294. The lowest BCUT2D eigenvalue weighted by Gasteiger charge is -1.97. The molecule has 1 aliphatic rings. The topological polar surface area (TPSA) is 29.1 Å². The van der Waals surface area contributed by atoms with Gasteiger partial charge in [-0.05, 0) is 18.8 Å². The predicted octanol–water partition coefficient (Wildman–Crippen LogP) is 0.578. The number of hydrogen-bond acceptors (Lipinski definition) is 2. The molecule has 1 fully saturated rings. The van der Waals surface area contributed by atoms with E-state index in [-0.39, 0.29) is 0 Å². The summed E-state index contributed by atoms with van der Waals surface area (Å²) in [6.45, 7) is 0.942. The normalized spacial score (nSPS) is 15.9. The van der Waals surface area contributed by atoms with Crippen LogP contribution in [0.25, 0.3) is 0 Å². The highest BCUT2D eigenvalue weighted by Gasteiger charge is 2.23. The van der Waals surface area contributed by atoms with E-state index in [4.69, 9.17) is 6.42 Å². The second-order valence-electron chi connectivity index (χ2n) is 2.99. The molecule has 2 heteroatoms. The van der Waals surface area contributed by atoms with Gasteiger partial charge in [0.1, 0.15) is 5.78 Å². The molecular formula is C9H13NO. The van der Waals surface area contributed by atoms with Gasteiger partial charge in [-0.25, -0.2) is 0 Å². The van der Waals surface area contributed by atoms with Crippen LogP contribution >= 0.6 is 0 Å². The molecule has 0 aromatic carbocycles. The molecule has 0 spiro atoms. The predicted molar refractivity (Wildman–Crippen MR) is 44.1 cm³/mol. The van der Waals surface area contributed by atoms with Crippen molar-refractivity contribution in [1.29, 1.82) is 0 Å². The fourth-order valence-corrected chi connectivity index (χ4v) is 0.990. The zero-order chi connectivity index (χ0) is 8.10. The molecule has 0 atom stereocenters. The third-order valence-electron chi connectivity index (χ3n) is 1.76. The van der Waals surface area contributed by atoms with Crippen molar-refractivity contribution in [2.45, 2.75) is 19.3 Å². The van der Waals surface area contributed by atoms with Gasteiger partial charge in [0.15, 0.2) is 0 Å². The summed E-state index contributed by atoms with van der Waals surface area (Å²) in [6.07, 6.45) is 8.23. The molecule has 1 N–H and O–H groups in total. The van der Waals surface area contributed by atoms with E-state index in [0.29, 0.717) is 24.8 Å². The second kappa shape index (κ2) is 4.15. The first kappa shape index (κ1) is 8.29. The summed E-state index contributed by atoms with van der Waals surface area (Å²) >= 11 is 0. The number of terminal acetylenes is 1. The zero-order valence-corrected chi connectivity index (χ0v) is 6.60. The van der Waals surface area contributed by atoms with Crippen LogP contribution in [0.2, 0.25) is 0 Å². The van der Waals surface area contributed by atoms with Crippen molar-refractivity contribution in [3.05, 3.63) is 0 Å². The van der Waals surface area contributed by atoms with Crippen LogP contribution in [-0.4, -0.2) is 18.9 Å². The Hall–Kier alpha value is -0.810. The Kier molecular flexibility index (Phi) is 3.13. The van der Waals surface area contributed by atoms with Crippen molar-refractivity contribution in [2.24, 2.45) is 5.92 Å². The Morgan fingerprint density at radius 1 is 1.64 bits per heavy atom. The Bertz CT molecular complexity index is 176. The molecule has 0 aromatic heterocycles. The van der Waals surface area contributed by atoms with Crippen LogP contribution in [0, 0.1) is 18.3 Å². The number of nitrogens with one attached hydrogen (secondary N) is 1. The molecule has 0 saturated heterocycles. The smallest absolute Gasteiger partial charge is 0.146 e. The molecule has 1 saturated carbocycles. The van der Waals surface area contributed by atoms with Crippen molar-refractivity contribution in [3.8, 4) is 12.3 Å². The van der Waals surface area contributed by atoms with Crippen molar-refractivity contribution in [3.63, 3.8) is 0 Å². The standard InChI is InChI=1S/C9H13NO/c1-2-5-10-7-9(11)6-8-3-4-8/h1,8,10H,3-7H2. The molecule has 1 rings (SSSR count). The van der Waals surface area contributed by atoms with Gasteiger partial charge in [0.2, 0.25) is 0 Å². The fourth-order valence-electron chi connectivity index (χ4n) is 0.990. The molecule has 1 aliphatic carbocycles. The van der Waals surface area contributed by atoms with E-state index in [1.165, 1.54) is 12.8 Å². The molecular weight excluding hydrogens is 138 g/mol. The highest BCUT2D eigenvalue weighted by molar-refractivity contribution is 5.80. The summed E-state index contributed by atoms with van der Waals surface area (Å²) in [5.74, 6) is 3.41. The van der Waals surface area contributed by atoms with Crippen LogP contribution < -0.4 is 5.32 Å². The van der Waals surface area contributed by atoms with E-state index >= 15 is 0 Å². The van der Waals surface area contributed by atoms with Gasteiger partial charge in [-0.1, -0.05) is 5.92 Å². The lowest BCUT2D eigenvalue weighted by Crippen LogP contribution is -2.23. The van der Waals surface area contributed by atoms with E-state index < -0.39 is 0 Å². The summed E-state index contributed by atoms with van der Waals surface area (Å²) < 4.78 is 0. The number of carbonyl (C=O) groups excluding carboxylic acids is 1. The van der Waals surface area contributed by atoms with Gasteiger partial charge in [0, 0.05) is 6.42 Å². The Balaban J connectivity index is 1.97. The molecule has 0 aromatic rings. The van der Waals surface area contributed by atoms with Crippen LogP contribution in [0.3, 0.4) is 0 Å². The molecule has 0 bridgehead atoms. The number of rotatable bonds is 5. The van der Waals surface area contributed by atoms with E-state index in [9.17, 15) is 4.79 Å². The number of Topliss-reactive ketones (excluding diaryl/α,β-unsaturated/α-hetero) is 1. The molecule has 11 heavy (non-hydrogen) atoms. The first-order valence-electron chi connectivity index (χ1n) is 3.99. The number of ketones is 1. The minimum absolute atomic E-state index is 0.294. The molecule has 2 nitrogen and oxygen atoms in total. The van der Waals surface area contributed by atoms with Crippen LogP contribution in [0.5, 0.6) is 0 Å². The molecule has 0 aliphatic heterocycles. The first-order chi connectivity index (χ1) is 5.33. The van der Waals surface area contributed by atoms with E-state index in [2.05, 4.69) is 11.2 Å². The summed E-state index contributed by atoms with van der Waals surface area (Å²) in [6, 6.07) is 0. The number of hydrogen-bond donors (Lipinski definition) is 1. The van der Waals surface area contributed by atoms with E-state index in [1.807, 2.05) is 0 Å².